The van der Waals surface area contributed by atoms with Crippen LogP contribution in [-0.2, 0) is 0 Å². The number of ketones is 1. The van der Waals surface area contributed by atoms with Crippen molar-refractivity contribution < 1.29 is 19.2 Å². The van der Waals surface area contributed by atoms with E-state index in [1.54, 1.807) is 24.3 Å². The van der Waals surface area contributed by atoms with Crippen LogP contribution in [0.15, 0.2) is 48.5 Å². The van der Waals surface area contributed by atoms with Crippen molar-refractivity contribution in [2.24, 2.45) is 0 Å². The minimum atomic E-state index is -0.536. The molecule has 0 saturated carbocycles. The van der Waals surface area contributed by atoms with Crippen LogP contribution in [0.3, 0.4) is 0 Å². The third-order valence-corrected chi connectivity index (χ3v) is 3.19. The standard InChI is InChI=1S/C17H15NO5/c1-22-16-8-4-5-12(17(16)23-2)9-10-15(19)13-6-3-7-14(11-13)18(20)21/h3-11H,1-2H3/b10-9+. The van der Waals surface area contributed by atoms with Gasteiger partial charge < -0.3 is 9.47 Å². The minimum absolute atomic E-state index is 0.122. The fourth-order valence-electron chi connectivity index (χ4n) is 2.08. The highest BCUT2D eigenvalue weighted by Crippen LogP contribution is 2.31. The quantitative estimate of drug-likeness (QED) is 0.353. The van der Waals surface area contributed by atoms with Crippen molar-refractivity contribution in [3.8, 4) is 11.5 Å². The van der Waals surface area contributed by atoms with Gasteiger partial charge in [0.2, 0.25) is 0 Å². The van der Waals surface area contributed by atoms with Crippen molar-refractivity contribution in [3.05, 3.63) is 69.8 Å². The maximum atomic E-state index is 12.2. The molecule has 0 heterocycles. The summed E-state index contributed by atoms with van der Waals surface area (Å²) < 4.78 is 10.5. The Labute approximate surface area is 133 Å². The van der Waals surface area contributed by atoms with Gasteiger partial charge in [0.05, 0.1) is 19.1 Å². The summed E-state index contributed by atoms with van der Waals surface area (Å²) in [6.45, 7) is 0. The summed E-state index contributed by atoms with van der Waals surface area (Å²) in [4.78, 5) is 22.4. The number of nitro groups is 1. The molecule has 0 saturated heterocycles. The van der Waals surface area contributed by atoms with E-state index in [1.165, 1.54) is 44.6 Å². The van der Waals surface area contributed by atoms with Crippen LogP contribution in [-0.4, -0.2) is 24.9 Å². The van der Waals surface area contributed by atoms with E-state index in [-0.39, 0.29) is 17.0 Å². The number of para-hydroxylation sites is 1. The third-order valence-electron chi connectivity index (χ3n) is 3.19. The Hall–Kier alpha value is -3.15. The molecule has 0 atom stereocenters. The number of allylic oxidation sites excluding steroid dienone is 1. The topological polar surface area (TPSA) is 78.7 Å². The number of nitrogens with zero attached hydrogens (tertiary/aromatic N) is 1. The van der Waals surface area contributed by atoms with Gasteiger partial charge in [-0.15, -0.1) is 0 Å². The lowest BCUT2D eigenvalue weighted by atomic mass is 10.1. The Morgan fingerprint density at radius 1 is 1.13 bits per heavy atom. The molecule has 6 heteroatoms. The van der Waals surface area contributed by atoms with Gasteiger partial charge in [-0.2, -0.15) is 0 Å². The lowest BCUT2D eigenvalue weighted by molar-refractivity contribution is -0.384. The number of nitro benzene ring substituents is 1. The maximum absolute atomic E-state index is 12.2. The van der Waals surface area contributed by atoms with E-state index in [0.717, 1.165) is 0 Å². The molecule has 0 aliphatic carbocycles. The van der Waals surface area contributed by atoms with Gasteiger partial charge in [-0.05, 0) is 18.2 Å². The van der Waals surface area contributed by atoms with Gasteiger partial charge in [-0.25, -0.2) is 0 Å². The monoisotopic (exact) mass is 313 g/mol. The molecule has 0 N–H and O–H groups in total. The Morgan fingerprint density at radius 3 is 2.52 bits per heavy atom. The van der Waals surface area contributed by atoms with Gasteiger partial charge >= 0.3 is 0 Å². The second-order valence-electron chi connectivity index (χ2n) is 4.59. The number of methoxy groups -OCH3 is 2. The molecule has 0 aliphatic rings. The van der Waals surface area contributed by atoms with Gasteiger partial charge in [0, 0.05) is 23.3 Å². The van der Waals surface area contributed by atoms with E-state index in [2.05, 4.69) is 0 Å². The van der Waals surface area contributed by atoms with Crippen LogP contribution in [0, 0.1) is 10.1 Å². The van der Waals surface area contributed by atoms with Gasteiger partial charge in [0.15, 0.2) is 17.3 Å². The predicted molar refractivity (Wildman–Crippen MR) is 86.0 cm³/mol. The van der Waals surface area contributed by atoms with Crippen molar-refractivity contribution in [2.45, 2.75) is 0 Å². The summed E-state index contributed by atoms with van der Waals surface area (Å²) in [5, 5.41) is 10.8. The van der Waals surface area contributed by atoms with E-state index in [9.17, 15) is 14.9 Å². The summed E-state index contributed by atoms with van der Waals surface area (Å²) in [6.07, 6.45) is 2.93. The fourth-order valence-corrected chi connectivity index (χ4v) is 2.08. The molecular formula is C17H15NO5. The molecule has 118 valence electrons. The first-order valence-corrected chi connectivity index (χ1v) is 6.74. The molecule has 0 aromatic heterocycles. The molecule has 0 bridgehead atoms. The SMILES string of the molecule is COc1cccc(/C=C/C(=O)c2cccc([N+](=O)[O-])c2)c1OC. The zero-order chi connectivity index (χ0) is 16.8. The van der Waals surface area contributed by atoms with Gasteiger partial charge in [-0.3, -0.25) is 14.9 Å². The number of carbonyl (C=O) groups excluding carboxylic acids is 1. The van der Waals surface area contributed by atoms with Crippen molar-refractivity contribution in [2.75, 3.05) is 14.2 Å². The first kappa shape index (κ1) is 16.2. The second kappa shape index (κ2) is 7.22. The largest absolute Gasteiger partial charge is 0.493 e. The molecule has 0 aliphatic heterocycles. The highest BCUT2D eigenvalue weighted by Gasteiger charge is 2.10. The Balaban J connectivity index is 2.28. The summed E-state index contributed by atoms with van der Waals surface area (Å²) in [7, 11) is 3.04. The van der Waals surface area contributed by atoms with Crippen molar-refractivity contribution in [1.82, 2.24) is 0 Å². The van der Waals surface area contributed by atoms with Crippen LogP contribution in [0.1, 0.15) is 15.9 Å². The summed E-state index contributed by atoms with van der Waals surface area (Å²) in [5.74, 6) is 0.731. The second-order valence-corrected chi connectivity index (χ2v) is 4.59. The van der Waals surface area contributed by atoms with Crippen LogP contribution in [0.2, 0.25) is 0 Å². The van der Waals surface area contributed by atoms with Crippen molar-refractivity contribution >= 4 is 17.5 Å². The van der Waals surface area contributed by atoms with E-state index >= 15 is 0 Å². The van der Waals surface area contributed by atoms with E-state index in [1.807, 2.05) is 0 Å². The summed E-state index contributed by atoms with van der Waals surface area (Å²) >= 11 is 0. The van der Waals surface area contributed by atoms with Gasteiger partial charge in [0.25, 0.3) is 5.69 Å². The lowest BCUT2D eigenvalue weighted by Crippen LogP contribution is -1.97. The van der Waals surface area contributed by atoms with E-state index < -0.39 is 4.92 Å². The molecule has 0 amide bonds. The molecule has 0 radical (unpaired) electrons. The van der Waals surface area contributed by atoms with Gasteiger partial charge in [0.1, 0.15) is 0 Å². The van der Waals surface area contributed by atoms with Crippen LogP contribution in [0.4, 0.5) is 5.69 Å². The fraction of sp³-hybridized carbons (Fsp3) is 0.118. The molecule has 0 spiro atoms. The van der Waals surface area contributed by atoms with Crippen LogP contribution < -0.4 is 9.47 Å². The van der Waals surface area contributed by atoms with Crippen molar-refractivity contribution in [3.63, 3.8) is 0 Å². The normalized spacial score (nSPS) is 10.5. The third kappa shape index (κ3) is 3.74. The average Bonchev–Trinajstić information content (AvgIpc) is 2.59. The number of hydrogen-bond acceptors (Lipinski definition) is 5. The minimum Gasteiger partial charge on any atom is -0.493 e. The maximum Gasteiger partial charge on any atom is 0.270 e. The molecule has 2 rings (SSSR count). The van der Waals surface area contributed by atoms with Gasteiger partial charge in [-0.1, -0.05) is 24.3 Å². The van der Waals surface area contributed by atoms with Crippen molar-refractivity contribution in [1.29, 1.82) is 0 Å². The predicted octanol–water partition coefficient (Wildman–Crippen LogP) is 3.51. The van der Waals surface area contributed by atoms with E-state index in [4.69, 9.17) is 9.47 Å². The molecular weight excluding hydrogens is 298 g/mol. The molecule has 23 heavy (non-hydrogen) atoms. The number of carbonyl (C=O) groups is 1. The van der Waals surface area contributed by atoms with Crippen LogP contribution in [0.5, 0.6) is 11.5 Å². The number of ether oxygens (including phenoxy) is 2. The number of benzene rings is 2. The summed E-state index contributed by atoms with van der Waals surface area (Å²) in [5.41, 5.74) is 0.797. The molecule has 0 unspecified atom stereocenters. The molecule has 2 aromatic carbocycles. The lowest BCUT2D eigenvalue weighted by Gasteiger charge is -2.09. The Bertz CT molecular complexity index is 767. The molecule has 2 aromatic rings. The first-order valence-electron chi connectivity index (χ1n) is 6.74. The van der Waals surface area contributed by atoms with Crippen LogP contribution >= 0.6 is 0 Å². The number of rotatable bonds is 6. The number of hydrogen-bond donors (Lipinski definition) is 0. The van der Waals surface area contributed by atoms with Crippen LogP contribution in [0.25, 0.3) is 6.08 Å². The Morgan fingerprint density at radius 2 is 1.87 bits per heavy atom. The number of non-ortho nitro benzene ring substituents is 1. The highest BCUT2D eigenvalue weighted by atomic mass is 16.6. The molecule has 0 fully saturated rings. The zero-order valence-corrected chi connectivity index (χ0v) is 12.7. The molecule has 6 nitrogen and oxygen atoms in total. The summed E-state index contributed by atoms with van der Waals surface area (Å²) in [6, 6.07) is 10.9. The zero-order valence-electron chi connectivity index (χ0n) is 12.7. The first-order chi connectivity index (χ1) is 11.1. The smallest absolute Gasteiger partial charge is 0.270 e. The Kier molecular flexibility index (Phi) is 5.09. The van der Waals surface area contributed by atoms with E-state index in [0.29, 0.717) is 17.1 Å². The highest BCUT2D eigenvalue weighted by molar-refractivity contribution is 6.07. The average molecular weight is 313 g/mol.